The van der Waals surface area contributed by atoms with Crippen molar-refractivity contribution in [3.8, 4) is 17.1 Å². The van der Waals surface area contributed by atoms with E-state index in [1.165, 1.54) is 24.9 Å². The maximum Gasteiger partial charge on any atom is 0.224 e. The summed E-state index contributed by atoms with van der Waals surface area (Å²) in [5.41, 5.74) is 14.8. The van der Waals surface area contributed by atoms with Crippen LogP contribution in [0.2, 0.25) is 0 Å². The number of rotatable bonds is 4. The predicted molar refractivity (Wildman–Crippen MR) is 107 cm³/mol. The molecule has 0 saturated carbocycles. The average molecular weight is 367 g/mol. The third-order valence-electron chi connectivity index (χ3n) is 5.30. The van der Waals surface area contributed by atoms with Gasteiger partial charge in [-0.1, -0.05) is 13.0 Å². The number of likely N-dealkylation sites (tertiary alicyclic amines) is 1. The highest BCUT2D eigenvalue weighted by molar-refractivity contribution is 5.86. The monoisotopic (exact) mass is 367 g/mol. The minimum absolute atomic E-state index is 0.109. The summed E-state index contributed by atoms with van der Waals surface area (Å²) in [4.78, 5) is 18.3. The lowest BCUT2D eigenvalue weighted by Gasteiger charge is -2.32. The Morgan fingerprint density at radius 1 is 1.26 bits per heavy atom. The van der Waals surface area contributed by atoms with Crippen LogP contribution in [0.15, 0.2) is 18.2 Å². The minimum Gasteiger partial charge on any atom is -0.496 e. The van der Waals surface area contributed by atoms with Crippen LogP contribution < -0.4 is 16.2 Å². The summed E-state index contributed by atoms with van der Waals surface area (Å²) >= 11 is 0. The SMILES string of the molecule is CCN1CCCC(c2ccc(-c3nc4nc(N)nc(N)c4[nH]3)c(OC)c2)C1. The summed E-state index contributed by atoms with van der Waals surface area (Å²) in [7, 11) is 1.68. The van der Waals surface area contributed by atoms with Crippen molar-refractivity contribution in [3.05, 3.63) is 23.8 Å². The van der Waals surface area contributed by atoms with Gasteiger partial charge in [-0.15, -0.1) is 0 Å². The highest BCUT2D eigenvalue weighted by atomic mass is 16.5. The molecule has 3 aromatic rings. The Bertz CT molecular complexity index is 968. The molecule has 0 aliphatic carbocycles. The van der Waals surface area contributed by atoms with Crippen LogP contribution >= 0.6 is 0 Å². The van der Waals surface area contributed by atoms with E-state index in [1.807, 2.05) is 6.07 Å². The number of hydrogen-bond donors (Lipinski definition) is 3. The van der Waals surface area contributed by atoms with Gasteiger partial charge in [0.2, 0.25) is 5.95 Å². The molecule has 8 heteroatoms. The van der Waals surface area contributed by atoms with E-state index in [4.69, 9.17) is 16.2 Å². The lowest BCUT2D eigenvalue weighted by molar-refractivity contribution is 0.218. The zero-order valence-corrected chi connectivity index (χ0v) is 15.7. The van der Waals surface area contributed by atoms with Gasteiger partial charge in [0.1, 0.15) is 17.1 Å². The van der Waals surface area contributed by atoms with Gasteiger partial charge in [0, 0.05) is 6.54 Å². The molecule has 1 aliphatic heterocycles. The molecule has 3 heterocycles. The number of nitrogens with one attached hydrogen (secondary N) is 1. The average Bonchev–Trinajstić information content (AvgIpc) is 3.11. The zero-order valence-electron chi connectivity index (χ0n) is 15.7. The van der Waals surface area contributed by atoms with Gasteiger partial charge in [0.05, 0.1) is 12.7 Å². The first-order valence-electron chi connectivity index (χ1n) is 9.28. The van der Waals surface area contributed by atoms with Crippen LogP contribution in [0.25, 0.3) is 22.6 Å². The second kappa shape index (κ2) is 7.03. The van der Waals surface area contributed by atoms with Gasteiger partial charge in [0.15, 0.2) is 11.5 Å². The second-order valence-electron chi connectivity index (χ2n) is 6.94. The molecular formula is C19H25N7O. The molecule has 1 saturated heterocycles. The Morgan fingerprint density at radius 3 is 2.89 bits per heavy atom. The van der Waals surface area contributed by atoms with Crippen LogP contribution in [-0.2, 0) is 0 Å². The summed E-state index contributed by atoms with van der Waals surface area (Å²) in [5, 5.41) is 0. The number of imidazole rings is 1. The van der Waals surface area contributed by atoms with E-state index < -0.39 is 0 Å². The topological polar surface area (TPSA) is 119 Å². The second-order valence-corrected chi connectivity index (χ2v) is 6.94. The van der Waals surface area contributed by atoms with E-state index in [9.17, 15) is 0 Å². The molecule has 8 nitrogen and oxygen atoms in total. The number of hydrogen-bond acceptors (Lipinski definition) is 7. The first-order valence-corrected chi connectivity index (χ1v) is 9.28. The quantitative estimate of drug-likeness (QED) is 0.648. The van der Waals surface area contributed by atoms with E-state index >= 15 is 0 Å². The maximum absolute atomic E-state index is 5.93. The summed E-state index contributed by atoms with van der Waals surface area (Å²) in [5.74, 6) is 2.34. The molecule has 0 radical (unpaired) electrons. The van der Waals surface area contributed by atoms with Crippen molar-refractivity contribution in [2.45, 2.75) is 25.7 Å². The number of anilines is 2. The Hall–Kier alpha value is -2.87. The van der Waals surface area contributed by atoms with Crippen molar-refractivity contribution in [1.82, 2.24) is 24.8 Å². The van der Waals surface area contributed by atoms with Crippen LogP contribution in [0.1, 0.15) is 31.2 Å². The zero-order chi connectivity index (χ0) is 19.0. The van der Waals surface area contributed by atoms with Gasteiger partial charge in [-0.25, -0.2) is 4.98 Å². The van der Waals surface area contributed by atoms with Crippen molar-refractivity contribution in [3.63, 3.8) is 0 Å². The van der Waals surface area contributed by atoms with E-state index in [1.54, 1.807) is 7.11 Å². The predicted octanol–water partition coefficient (Wildman–Crippen LogP) is 2.39. The Morgan fingerprint density at radius 2 is 2.11 bits per heavy atom. The van der Waals surface area contributed by atoms with Crippen molar-refractivity contribution in [1.29, 1.82) is 0 Å². The largest absolute Gasteiger partial charge is 0.496 e. The van der Waals surface area contributed by atoms with Crippen LogP contribution in [0.4, 0.5) is 11.8 Å². The number of nitrogen functional groups attached to an aromatic ring is 2. The number of aromatic nitrogens is 4. The fourth-order valence-corrected chi connectivity index (χ4v) is 3.84. The molecule has 27 heavy (non-hydrogen) atoms. The molecule has 1 aliphatic rings. The molecule has 5 N–H and O–H groups in total. The number of nitrogens with zero attached hydrogens (tertiary/aromatic N) is 4. The summed E-state index contributed by atoms with van der Waals surface area (Å²) in [6, 6.07) is 6.33. The maximum atomic E-state index is 5.93. The molecule has 0 spiro atoms. The molecule has 4 rings (SSSR count). The molecule has 142 valence electrons. The van der Waals surface area contributed by atoms with Gasteiger partial charge in [-0.3, -0.25) is 0 Å². The van der Waals surface area contributed by atoms with E-state index in [2.05, 4.69) is 43.9 Å². The smallest absolute Gasteiger partial charge is 0.224 e. The number of likely N-dealkylation sites (N-methyl/N-ethyl adjacent to an activating group) is 1. The van der Waals surface area contributed by atoms with Crippen molar-refractivity contribution < 1.29 is 4.74 Å². The number of methoxy groups -OCH3 is 1. The van der Waals surface area contributed by atoms with E-state index in [0.717, 1.165) is 24.4 Å². The number of aromatic amines is 1. The summed E-state index contributed by atoms with van der Waals surface area (Å²) in [6.45, 7) is 5.59. The summed E-state index contributed by atoms with van der Waals surface area (Å²) < 4.78 is 5.67. The van der Waals surface area contributed by atoms with Crippen LogP contribution in [0.5, 0.6) is 5.75 Å². The van der Waals surface area contributed by atoms with Crippen molar-refractivity contribution in [2.75, 3.05) is 38.2 Å². The van der Waals surface area contributed by atoms with Crippen LogP contribution in [0, 0.1) is 0 Å². The Labute approximate surface area is 158 Å². The van der Waals surface area contributed by atoms with Crippen molar-refractivity contribution >= 4 is 22.9 Å². The standard InChI is InChI=1S/C19H25N7O/c1-3-26-8-4-5-12(10-26)11-6-7-13(14(9-11)27-2)17-22-15-16(20)23-19(21)25-18(15)24-17/h6-7,9,12H,3-5,8,10H2,1-2H3,(H5,20,21,22,23,24,25). The number of piperidine rings is 1. The number of H-pyrrole nitrogens is 1. The highest BCUT2D eigenvalue weighted by Crippen LogP contribution is 2.35. The highest BCUT2D eigenvalue weighted by Gasteiger charge is 2.22. The molecular weight excluding hydrogens is 342 g/mol. The van der Waals surface area contributed by atoms with Crippen LogP contribution in [0.3, 0.4) is 0 Å². The number of benzene rings is 1. The number of nitrogens with two attached hydrogens (primary N) is 2. The van der Waals surface area contributed by atoms with Crippen LogP contribution in [-0.4, -0.2) is 51.6 Å². The van der Waals surface area contributed by atoms with Gasteiger partial charge in [-0.05, 0) is 49.5 Å². The summed E-state index contributed by atoms with van der Waals surface area (Å²) in [6.07, 6.45) is 2.43. The van der Waals surface area contributed by atoms with E-state index in [0.29, 0.717) is 22.9 Å². The fraction of sp³-hybridized carbons (Fsp3) is 0.421. The molecule has 0 amide bonds. The minimum atomic E-state index is 0.109. The molecule has 1 aromatic carbocycles. The Balaban J connectivity index is 1.71. The fourth-order valence-electron chi connectivity index (χ4n) is 3.84. The molecule has 0 bridgehead atoms. The normalized spacial score (nSPS) is 18.1. The first kappa shape index (κ1) is 17.5. The third kappa shape index (κ3) is 3.28. The molecule has 1 fully saturated rings. The lowest BCUT2D eigenvalue weighted by atomic mass is 9.90. The van der Waals surface area contributed by atoms with Crippen molar-refractivity contribution in [2.24, 2.45) is 0 Å². The van der Waals surface area contributed by atoms with E-state index in [-0.39, 0.29) is 11.8 Å². The van der Waals surface area contributed by atoms with Gasteiger partial charge in [0.25, 0.3) is 0 Å². The third-order valence-corrected chi connectivity index (χ3v) is 5.30. The molecule has 2 aromatic heterocycles. The number of fused-ring (bicyclic) bond motifs is 1. The molecule has 1 atom stereocenters. The number of ether oxygens (including phenoxy) is 1. The lowest BCUT2D eigenvalue weighted by Crippen LogP contribution is -2.34. The van der Waals surface area contributed by atoms with Gasteiger partial charge < -0.3 is 26.1 Å². The Kier molecular flexibility index (Phi) is 4.57. The molecule has 1 unspecified atom stereocenters. The first-order chi connectivity index (χ1) is 13.1. The van der Waals surface area contributed by atoms with Gasteiger partial charge >= 0.3 is 0 Å². The van der Waals surface area contributed by atoms with Gasteiger partial charge in [-0.2, -0.15) is 9.97 Å².